The number of rotatable bonds is 0. The van der Waals surface area contributed by atoms with Gasteiger partial charge in [-0.3, -0.25) is 14.7 Å². The Morgan fingerprint density at radius 3 is 2.87 bits per heavy atom. The molecular weight excluding hydrogens is 192 g/mol. The molecule has 0 radical (unpaired) electrons. The number of hydrogen-bond acceptors (Lipinski definition) is 4. The molecule has 1 amide bonds. The molecule has 1 aliphatic carbocycles. The van der Waals surface area contributed by atoms with Crippen molar-refractivity contribution >= 4 is 11.7 Å². The molecule has 1 aromatic rings. The van der Waals surface area contributed by atoms with Crippen LogP contribution in [0.15, 0.2) is 12.4 Å². The van der Waals surface area contributed by atoms with Crippen LogP contribution < -0.4 is 10.6 Å². The largest absolute Gasteiger partial charge is 0.317 e. The Labute approximate surface area is 87.3 Å². The van der Waals surface area contributed by atoms with E-state index in [0.29, 0.717) is 24.6 Å². The van der Waals surface area contributed by atoms with Gasteiger partial charge in [0.15, 0.2) is 5.82 Å². The average Bonchev–Trinajstić information content (AvgIpc) is 2.33. The summed E-state index contributed by atoms with van der Waals surface area (Å²) in [5, 5.41) is 0. The van der Waals surface area contributed by atoms with Gasteiger partial charge in [-0.2, -0.15) is 0 Å². The third-order valence-corrected chi connectivity index (χ3v) is 3.36. The monoisotopic (exact) mass is 204 g/mol. The van der Waals surface area contributed by atoms with Crippen LogP contribution in [0.3, 0.4) is 0 Å². The fraction of sp³-hybridized carbons (Fsp3) is 0.500. The molecule has 0 saturated heterocycles. The molecule has 5 heteroatoms. The lowest BCUT2D eigenvalue weighted by atomic mass is 9.68. The molecule has 1 fully saturated rings. The first-order chi connectivity index (χ1) is 7.12. The molecule has 1 saturated carbocycles. The maximum Gasteiger partial charge on any atom is 0.248 e. The van der Waals surface area contributed by atoms with E-state index in [1.807, 2.05) is 0 Å². The van der Waals surface area contributed by atoms with Gasteiger partial charge < -0.3 is 5.73 Å². The molecule has 2 bridgehead atoms. The van der Waals surface area contributed by atoms with E-state index in [-0.39, 0.29) is 5.91 Å². The van der Waals surface area contributed by atoms with Crippen LogP contribution in [0.5, 0.6) is 0 Å². The highest BCUT2D eigenvalue weighted by molar-refractivity contribution is 6.01. The molecule has 15 heavy (non-hydrogen) atoms. The second-order valence-corrected chi connectivity index (χ2v) is 4.39. The second-order valence-electron chi connectivity index (χ2n) is 4.39. The minimum absolute atomic E-state index is 0.0435. The molecule has 2 N–H and O–H groups in total. The van der Waals surface area contributed by atoms with E-state index in [2.05, 4.69) is 9.97 Å². The Morgan fingerprint density at radius 1 is 1.47 bits per heavy atom. The summed E-state index contributed by atoms with van der Waals surface area (Å²) >= 11 is 0. The van der Waals surface area contributed by atoms with Crippen molar-refractivity contribution in [2.24, 2.45) is 5.73 Å². The van der Waals surface area contributed by atoms with Crippen molar-refractivity contribution in [3.05, 3.63) is 18.1 Å². The van der Waals surface area contributed by atoms with Crippen LogP contribution in [0.25, 0.3) is 0 Å². The molecule has 2 aliphatic heterocycles. The summed E-state index contributed by atoms with van der Waals surface area (Å²) in [4.78, 5) is 22.0. The van der Waals surface area contributed by atoms with E-state index in [1.165, 1.54) is 4.90 Å². The van der Waals surface area contributed by atoms with Crippen LogP contribution in [0.2, 0.25) is 0 Å². The van der Waals surface area contributed by atoms with Crippen LogP contribution >= 0.6 is 0 Å². The number of likely N-dealkylation sites (N-methyl/N-ethyl adjacent to an activating group) is 1. The molecule has 0 atom stereocenters. The number of aromatic nitrogens is 2. The van der Waals surface area contributed by atoms with Gasteiger partial charge in [-0.15, -0.1) is 0 Å². The lowest BCUT2D eigenvalue weighted by molar-refractivity contribution is -0.126. The minimum atomic E-state index is -0.679. The number of fused-ring (bicyclic) bond motifs is 1. The maximum absolute atomic E-state index is 12.0. The SMILES string of the molecule is CN1C(=O)C2(N)CC(C2)c2nccnc21. The van der Waals surface area contributed by atoms with Crippen molar-refractivity contribution in [1.29, 1.82) is 0 Å². The summed E-state index contributed by atoms with van der Waals surface area (Å²) in [5.74, 6) is 0.919. The van der Waals surface area contributed by atoms with E-state index < -0.39 is 5.54 Å². The van der Waals surface area contributed by atoms with Crippen LogP contribution in [0, 0.1) is 0 Å². The van der Waals surface area contributed by atoms with Gasteiger partial charge in [-0.25, -0.2) is 4.98 Å². The topological polar surface area (TPSA) is 72.1 Å². The third-order valence-electron chi connectivity index (χ3n) is 3.36. The van der Waals surface area contributed by atoms with Gasteiger partial charge in [0.1, 0.15) is 0 Å². The molecule has 78 valence electrons. The predicted octanol–water partition coefficient (Wildman–Crippen LogP) is 0.0279. The summed E-state index contributed by atoms with van der Waals surface area (Å²) in [5.41, 5.74) is 6.24. The number of hydrogen-bond donors (Lipinski definition) is 1. The molecule has 5 nitrogen and oxygen atoms in total. The lowest BCUT2D eigenvalue weighted by Gasteiger charge is -2.40. The zero-order valence-corrected chi connectivity index (χ0v) is 8.47. The van der Waals surface area contributed by atoms with Crippen LogP contribution in [-0.4, -0.2) is 28.5 Å². The van der Waals surface area contributed by atoms with Crippen molar-refractivity contribution in [2.75, 3.05) is 11.9 Å². The van der Waals surface area contributed by atoms with Gasteiger partial charge in [0.2, 0.25) is 5.91 Å². The molecule has 1 aromatic heterocycles. The highest BCUT2D eigenvalue weighted by Gasteiger charge is 2.53. The number of nitrogens with zero attached hydrogens (tertiary/aromatic N) is 3. The molecule has 0 aromatic carbocycles. The first-order valence-corrected chi connectivity index (χ1v) is 5.00. The van der Waals surface area contributed by atoms with Crippen molar-refractivity contribution in [1.82, 2.24) is 9.97 Å². The van der Waals surface area contributed by atoms with Crippen LogP contribution in [0.1, 0.15) is 24.5 Å². The van der Waals surface area contributed by atoms with Gasteiger partial charge >= 0.3 is 0 Å². The normalized spacial score (nSPS) is 33.1. The Kier molecular flexibility index (Phi) is 1.49. The quantitative estimate of drug-likeness (QED) is 0.647. The molecule has 3 aliphatic rings. The summed E-state index contributed by atoms with van der Waals surface area (Å²) in [6.45, 7) is 0. The third kappa shape index (κ3) is 0.982. The Bertz CT molecular complexity index is 439. The zero-order valence-electron chi connectivity index (χ0n) is 8.47. The first-order valence-electron chi connectivity index (χ1n) is 5.00. The highest BCUT2D eigenvalue weighted by Crippen LogP contribution is 2.48. The fourth-order valence-electron chi connectivity index (χ4n) is 2.51. The number of carbonyl (C=O) groups is 1. The average molecular weight is 204 g/mol. The number of nitrogens with two attached hydrogens (primary N) is 1. The van der Waals surface area contributed by atoms with Crippen molar-refractivity contribution in [3.63, 3.8) is 0 Å². The van der Waals surface area contributed by atoms with E-state index in [4.69, 9.17) is 5.73 Å². The van der Waals surface area contributed by atoms with Crippen molar-refractivity contribution < 1.29 is 4.79 Å². The standard InChI is InChI=1S/C10H12N4O/c1-14-8-7(12-2-3-13-8)6-4-10(11,5-6)9(14)15/h2-3,6H,4-5,11H2,1H3. The lowest BCUT2D eigenvalue weighted by Crippen LogP contribution is -2.59. The maximum atomic E-state index is 12.0. The highest BCUT2D eigenvalue weighted by atomic mass is 16.2. The minimum Gasteiger partial charge on any atom is -0.317 e. The zero-order chi connectivity index (χ0) is 10.6. The van der Waals surface area contributed by atoms with Gasteiger partial charge in [-0.1, -0.05) is 0 Å². The van der Waals surface area contributed by atoms with Crippen molar-refractivity contribution in [2.45, 2.75) is 24.3 Å². The molecule has 3 heterocycles. The van der Waals surface area contributed by atoms with Gasteiger partial charge in [0.25, 0.3) is 0 Å². The van der Waals surface area contributed by atoms with E-state index in [0.717, 1.165) is 5.69 Å². The van der Waals surface area contributed by atoms with Crippen LogP contribution in [0.4, 0.5) is 5.82 Å². The number of anilines is 1. The summed E-state index contributed by atoms with van der Waals surface area (Å²) in [7, 11) is 1.71. The Hall–Kier alpha value is -1.49. The molecule has 0 spiro atoms. The van der Waals surface area contributed by atoms with Crippen molar-refractivity contribution in [3.8, 4) is 0 Å². The van der Waals surface area contributed by atoms with E-state index in [1.54, 1.807) is 19.4 Å². The van der Waals surface area contributed by atoms with Crippen LogP contribution in [-0.2, 0) is 4.79 Å². The molecule has 4 rings (SSSR count). The fourth-order valence-corrected chi connectivity index (χ4v) is 2.51. The number of amides is 1. The van der Waals surface area contributed by atoms with Gasteiger partial charge in [-0.05, 0) is 12.8 Å². The van der Waals surface area contributed by atoms with E-state index in [9.17, 15) is 4.79 Å². The number of carbonyl (C=O) groups excluding carboxylic acids is 1. The second kappa shape index (κ2) is 2.55. The Morgan fingerprint density at radius 2 is 2.13 bits per heavy atom. The summed E-state index contributed by atoms with van der Waals surface area (Å²) < 4.78 is 0. The Balaban J connectivity index is 2.17. The smallest absolute Gasteiger partial charge is 0.248 e. The summed E-state index contributed by atoms with van der Waals surface area (Å²) in [6, 6.07) is 0. The van der Waals surface area contributed by atoms with E-state index >= 15 is 0 Å². The van der Waals surface area contributed by atoms with Gasteiger partial charge in [0, 0.05) is 25.4 Å². The molecular formula is C10H12N4O. The first kappa shape index (κ1) is 8.79. The summed E-state index contributed by atoms with van der Waals surface area (Å²) in [6.07, 6.45) is 4.66. The molecule has 0 unspecified atom stereocenters. The predicted molar refractivity (Wildman–Crippen MR) is 54.3 cm³/mol. The van der Waals surface area contributed by atoms with Gasteiger partial charge in [0.05, 0.1) is 11.2 Å².